The Morgan fingerprint density at radius 1 is 1.21 bits per heavy atom. The highest BCUT2D eigenvalue weighted by Gasteiger charge is 2.34. The molecule has 0 amide bonds. The lowest BCUT2D eigenvalue weighted by Crippen LogP contribution is -2.45. The lowest BCUT2D eigenvalue weighted by Gasteiger charge is -2.39. The van der Waals surface area contributed by atoms with Crippen LogP contribution in [0.3, 0.4) is 0 Å². The van der Waals surface area contributed by atoms with Gasteiger partial charge in [-0.1, -0.05) is 13.3 Å². The van der Waals surface area contributed by atoms with Crippen molar-refractivity contribution in [3.8, 4) is 0 Å². The number of nitrogens with one attached hydrogen (secondary N) is 1. The Bertz CT molecular complexity index is 255. The van der Waals surface area contributed by atoms with E-state index in [1.165, 1.54) is 45.1 Å². The first-order valence-electron chi connectivity index (χ1n) is 8.18. The van der Waals surface area contributed by atoms with Crippen molar-refractivity contribution >= 4 is 0 Å². The fourth-order valence-electron chi connectivity index (χ4n) is 3.69. The van der Waals surface area contributed by atoms with Gasteiger partial charge in [0, 0.05) is 32.3 Å². The van der Waals surface area contributed by atoms with Crippen LogP contribution in [0.15, 0.2) is 0 Å². The van der Waals surface area contributed by atoms with Crippen molar-refractivity contribution in [2.24, 2.45) is 11.8 Å². The Morgan fingerprint density at radius 2 is 2.00 bits per heavy atom. The van der Waals surface area contributed by atoms with Crippen LogP contribution in [-0.2, 0) is 4.74 Å². The maximum atomic E-state index is 5.28. The van der Waals surface area contributed by atoms with Gasteiger partial charge in [-0.2, -0.15) is 0 Å². The molecule has 112 valence electrons. The normalized spacial score (nSPS) is 31.9. The van der Waals surface area contributed by atoms with Crippen molar-refractivity contribution < 1.29 is 4.74 Å². The van der Waals surface area contributed by atoms with Crippen molar-refractivity contribution in [2.45, 2.75) is 57.5 Å². The van der Waals surface area contributed by atoms with Crippen LogP contribution in [0.5, 0.6) is 0 Å². The van der Waals surface area contributed by atoms with Gasteiger partial charge < -0.3 is 10.1 Å². The van der Waals surface area contributed by atoms with Gasteiger partial charge in [0.1, 0.15) is 0 Å². The number of rotatable bonds is 8. The largest absolute Gasteiger partial charge is 0.383 e. The average Bonchev–Trinajstić information content (AvgIpc) is 3.27. The molecule has 0 aromatic carbocycles. The predicted molar refractivity (Wildman–Crippen MR) is 80.4 cm³/mol. The minimum atomic E-state index is 0.728. The van der Waals surface area contributed by atoms with Gasteiger partial charge in [0.15, 0.2) is 0 Å². The predicted octanol–water partition coefficient (Wildman–Crippen LogP) is 2.51. The molecule has 0 bridgehead atoms. The summed E-state index contributed by atoms with van der Waals surface area (Å²) in [5.74, 6) is 1.79. The van der Waals surface area contributed by atoms with Crippen LogP contribution in [0, 0.1) is 11.8 Å². The molecule has 0 saturated heterocycles. The Labute approximate surface area is 119 Å². The lowest BCUT2D eigenvalue weighted by molar-refractivity contribution is 0.103. The summed E-state index contributed by atoms with van der Waals surface area (Å²) in [5, 5.41) is 3.56. The summed E-state index contributed by atoms with van der Waals surface area (Å²) < 4.78 is 5.28. The molecule has 2 aliphatic rings. The Kier molecular flexibility index (Phi) is 6.11. The molecule has 1 N–H and O–H groups in total. The molecule has 3 nitrogen and oxygen atoms in total. The minimum absolute atomic E-state index is 0.728. The summed E-state index contributed by atoms with van der Waals surface area (Å²) in [6, 6.07) is 1.58. The van der Waals surface area contributed by atoms with E-state index in [1.54, 1.807) is 0 Å². The van der Waals surface area contributed by atoms with Crippen LogP contribution >= 0.6 is 0 Å². The van der Waals surface area contributed by atoms with E-state index in [-0.39, 0.29) is 0 Å². The Morgan fingerprint density at radius 3 is 2.58 bits per heavy atom. The van der Waals surface area contributed by atoms with Gasteiger partial charge in [0.2, 0.25) is 0 Å². The minimum Gasteiger partial charge on any atom is -0.383 e. The van der Waals surface area contributed by atoms with Gasteiger partial charge in [-0.3, -0.25) is 4.90 Å². The molecular formula is C16H32N2O. The van der Waals surface area contributed by atoms with Crippen molar-refractivity contribution in [3.63, 3.8) is 0 Å². The average molecular weight is 268 g/mol. The molecule has 19 heavy (non-hydrogen) atoms. The molecule has 0 aliphatic heterocycles. The quantitative estimate of drug-likeness (QED) is 0.732. The molecular weight excluding hydrogens is 236 g/mol. The maximum absolute atomic E-state index is 5.28. The van der Waals surface area contributed by atoms with E-state index < -0.39 is 0 Å². The van der Waals surface area contributed by atoms with Gasteiger partial charge in [0.25, 0.3) is 0 Å². The summed E-state index contributed by atoms with van der Waals surface area (Å²) in [7, 11) is 3.95. The molecule has 0 aromatic rings. The standard InChI is InChI=1S/C16H32N2O/c1-4-13-5-8-16(17-2)14(11-13)12-18(9-10-19-3)15-6-7-15/h13-17H,4-12H2,1-3H3. The van der Waals surface area contributed by atoms with E-state index in [9.17, 15) is 0 Å². The van der Waals surface area contributed by atoms with Crippen LogP contribution < -0.4 is 5.32 Å². The molecule has 0 aromatic heterocycles. The topological polar surface area (TPSA) is 24.5 Å². The summed E-state index contributed by atoms with van der Waals surface area (Å²) in [6.45, 7) is 5.62. The van der Waals surface area contributed by atoms with E-state index in [1.807, 2.05) is 7.11 Å². The maximum Gasteiger partial charge on any atom is 0.0589 e. The first-order chi connectivity index (χ1) is 9.28. The van der Waals surface area contributed by atoms with Crippen molar-refractivity contribution in [1.29, 1.82) is 0 Å². The third-order valence-corrected chi connectivity index (χ3v) is 5.15. The zero-order valence-electron chi connectivity index (χ0n) is 13.0. The molecule has 0 spiro atoms. The van der Waals surface area contributed by atoms with E-state index in [4.69, 9.17) is 4.74 Å². The summed E-state index contributed by atoms with van der Waals surface area (Å²) >= 11 is 0. The van der Waals surface area contributed by atoms with Crippen LogP contribution in [0.25, 0.3) is 0 Å². The molecule has 2 fully saturated rings. The third kappa shape index (κ3) is 4.44. The lowest BCUT2D eigenvalue weighted by atomic mass is 9.76. The monoisotopic (exact) mass is 268 g/mol. The van der Waals surface area contributed by atoms with Crippen molar-refractivity contribution in [3.05, 3.63) is 0 Å². The van der Waals surface area contributed by atoms with Crippen LogP contribution in [0.2, 0.25) is 0 Å². The van der Waals surface area contributed by atoms with Crippen LogP contribution in [0.4, 0.5) is 0 Å². The molecule has 2 rings (SSSR count). The molecule has 0 radical (unpaired) electrons. The molecule has 2 aliphatic carbocycles. The molecule has 3 heteroatoms. The number of hydrogen-bond acceptors (Lipinski definition) is 3. The van der Waals surface area contributed by atoms with E-state index in [0.717, 1.165) is 37.1 Å². The van der Waals surface area contributed by atoms with Gasteiger partial charge in [-0.05, 0) is 51.0 Å². The first-order valence-corrected chi connectivity index (χ1v) is 8.18. The molecule has 3 unspecified atom stereocenters. The number of nitrogens with zero attached hydrogens (tertiary/aromatic N) is 1. The summed E-state index contributed by atoms with van der Waals surface area (Å²) in [4.78, 5) is 2.69. The summed E-state index contributed by atoms with van der Waals surface area (Å²) in [5.41, 5.74) is 0. The fourth-order valence-corrected chi connectivity index (χ4v) is 3.69. The van der Waals surface area contributed by atoms with Gasteiger partial charge in [-0.25, -0.2) is 0 Å². The van der Waals surface area contributed by atoms with Crippen LogP contribution in [0.1, 0.15) is 45.4 Å². The van der Waals surface area contributed by atoms with Gasteiger partial charge in [-0.15, -0.1) is 0 Å². The molecule has 2 saturated carbocycles. The second kappa shape index (κ2) is 7.61. The zero-order chi connectivity index (χ0) is 13.7. The smallest absolute Gasteiger partial charge is 0.0589 e. The van der Waals surface area contributed by atoms with Crippen molar-refractivity contribution in [2.75, 3.05) is 33.9 Å². The number of methoxy groups -OCH3 is 1. The highest BCUT2D eigenvalue weighted by atomic mass is 16.5. The number of ether oxygens (including phenoxy) is 1. The van der Waals surface area contributed by atoms with Crippen LogP contribution in [-0.4, -0.2) is 50.8 Å². The van der Waals surface area contributed by atoms with E-state index in [0.29, 0.717) is 0 Å². The second-order valence-corrected chi connectivity index (χ2v) is 6.46. The SMILES string of the molecule is CCC1CCC(NC)C(CN(CCOC)C2CC2)C1. The van der Waals surface area contributed by atoms with Crippen molar-refractivity contribution in [1.82, 2.24) is 10.2 Å². The zero-order valence-corrected chi connectivity index (χ0v) is 13.0. The van der Waals surface area contributed by atoms with Gasteiger partial charge >= 0.3 is 0 Å². The molecule has 0 heterocycles. The Balaban J connectivity index is 1.88. The highest BCUT2D eigenvalue weighted by Crippen LogP contribution is 2.34. The fraction of sp³-hybridized carbons (Fsp3) is 1.00. The molecule has 3 atom stereocenters. The summed E-state index contributed by atoms with van der Waals surface area (Å²) in [6.07, 6.45) is 8.35. The highest BCUT2D eigenvalue weighted by molar-refractivity contribution is 4.90. The van der Waals surface area contributed by atoms with Gasteiger partial charge in [0.05, 0.1) is 6.61 Å². The van der Waals surface area contributed by atoms with E-state index in [2.05, 4.69) is 24.2 Å². The number of hydrogen-bond donors (Lipinski definition) is 1. The first kappa shape index (κ1) is 15.3. The third-order valence-electron chi connectivity index (χ3n) is 5.15. The van der Waals surface area contributed by atoms with E-state index >= 15 is 0 Å². The Hall–Kier alpha value is -0.120. The second-order valence-electron chi connectivity index (χ2n) is 6.46.